The molecule has 118 valence electrons. The van der Waals surface area contributed by atoms with Gasteiger partial charge in [0.2, 0.25) is 0 Å². The van der Waals surface area contributed by atoms with Crippen LogP contribution in [0.3, 0.4) is 0 Å². The predicted molar refractivity (Wildman–Crippen MR) is 82.0 cm³/mol. The third kappa shape index (κ3) is 7.89. The average Bonchev–Trinajstić information content (AvgIpc) is 2.42. The van der Waals surface area contributed by atoms with Crippen LogP contribution in [-0.4, -0.2) is 32.7 Å². The zero-order valence-corrected chi connectivity index (χ0v) is 11.4. The summed E-state index contributed by atoms with van der Waals surface area (Å²) < 4.78 is 0. The van der Waals surface area contributed by atoms with E-state index in [0.29, 0.717) is 11.4 Å². The third-order valence-electron chi connectivity index (χ3n) is 2.22. The maximum absolute atomic E-state index is 8.56. The third-order valence-corrected chi connectivity index (χ3v) is 2.22. The standard InChI is InChI=1S/C12H12N2.2CH2O3/c13-11-8-4-7-10(12(11)14)9-5-2-1-3-6-9;2*2-1(3)4/h1-8H,13-14H2;2*(H2,2,3,4). The van der Waals surface area contributed by atoms with Crippen molar-refractivity contribution < 1.29 is 30.0 Å². The molecular weight excluding hydrogens is 292 g/mol. The first kappa shape index (κ1) is 18.6. The number of nitrogens with two attached hydrogens (primary N) is 2. The van der Waals surface area contributed by atoms with E-state index in [4.69, 9.17) is 41.5 Å². The molecule has 0 radical (unpaired) electrons. The maximum atomic E-state index is 8.56. The van der Waals surface area contributed by atoms with Crippen molar-refractivity contribution in [1.82, 2.24) is 0 Å². The molecule has 0 amide bonds. The molecule has 2 aromatic carbocycles. The summed E-state index contributed by atoms with van der Waals surface area (Å²) in [4.78, 5) is 17.1. The Kier molecular flexibility index (Phi) is 8.01. The van der Waals surface area contributed by atoms with Gasteiger partial charge >= 0.3 is 12.3 Å². The lowest BCUT2D eigenvalue weighted by atomic mass is 10.0. The molecule has 0 heterocycles. The second-order valence-electron chi connectivity index (χ2n) is 3.74. The molecule has 0 aliphatic carbocycles. The summed E-state index contributed by atoms with van der Waals surface area (Å²) in [5, 5.41) is 27.9. The Morgan fingerprint density at radius 1 is 0.727 bits per heavy atom. The molecule has 0 fully saturated rings. The topological polar surface area (TPSA) is 167 Å². The smallest absolute Gasteiger partial charge is 0.450 e. The summed E-state index contributed by atoms with van der Waals surface area (Å²) in [6, 6.07) is 15.7. The van der Waals surface area contributed by atoms with Crippen molar-refractivity contribution in [2.24, 2.45) is 0 Å². The molecule has 0 aliphatic heterocycles. The number of carbonyl (C=O) groups is 2. The Balaban J connectivity index is 0.000000464. The first-order chi connectivity index (χ1) is 10.3. The first-order valence-corrected chi connectivity index (χ1v) is 5.78. The van der Waals surface area contributed by atoms with Crippen LogP contribution in [0.1, 0.15) is 0 Å². The normalized spacial score (nSPS) is 8.55. The minimum Gasteiger partial charge on any atom is -0.450 e. The summed E-state index contributed by atoms with van der Waals surface area (Å²) in [5.41, 5.74) is 15.0. The maximum Gasteiger partial charge on any atom is 0.503 e. The molecule has 2 aromatic rings. The summed E-state index contributed by atoms with van der Waals surface area (Å²) in [6.07, 6.45) is -3.67. The Morgan fingerprint density at radius 3 is 1.64 bits per heavy atom. The van der Waals surface area contributed by atoms with Gasteiger partial charge in [0, 0.05) is 5.56 Å². The fraction of sp³-hybridized carbons (Fsp3) is 0. The highest BCUT2D eigenvalue weighted by Crippen LogP contribution is 2.29. The second kappa shape index (κ2) is 9.48. The van der Waals surface area contributed by atoms with Crippen molar-refractivity contribution >= 4 is 23.7 Å². The molecule has 0 aliphatic rings. The van der Waals surface area contributed by atoms with Gasteiger partial charge in [-0.15, -0.1) is 0 Å². The summed E-state index contributed by atoms with van der Waals surface area (Å²) >= 11 is 0. The van der Waals surface area contributed by atoms with E-state index in [2.05, 4.69) is 0 Å². The predicted octanol–water partition coefficient (Wildman–Crippen LogP) is 2.96. The average molecular weight is 308 g/mol. The number of benzene rings is 2. The van der Waals surface area contributed by atoms with Gasteiger partial charge in [0.05, 0.1) is 11.4 Å². The van der Waals surface area contributed by atoms with Gasteiger partial charge in [-0.1, -0.05) is 42.5 Å². The molecular formula is C14H16N2O6. The Labute approximate surface area is 125 Å². The van der Waals surface area contributed by atoms with Gasteiger partial charge < -0.3 is 31.9 Å². The molecule has 0 unspecified atom stereocenters. The molecule has 0 atom stereocenters. The molecule has 0 spiro atoms. The van der Waals surface area contributed by atoms with Gasteiger partial charge in [-0.3, -0.25) is 0 Å². The van der Waals surface area contributed by atoms with Crippen molar-refractivity contribution in [3.05, 3.63) is 48.5 Å². The number of rotatable bonds is 1. The molecule has 0 saturated heterocycles. The van der Waals surface area contributed by atoms with Crippen LogP contribution in [0.4, 0.5) is 21.0 Å². The zero-order valence-electron chi connectivity index (χ0n) is 11.4. The van der Waals surface area contributed by atoms with Gasteiger partial charge in [-0.25, -0.2) is 9.59 Å². The SMILES string of the molecule is Nc1cccc(-c2ccccc2)c1N.O=C(O)O.O=C(O)O. The highest BCUT2D eigenvalue weighted by atomic mass is 16.6. The van der Waals surface area contributed by atoms with Crippen LogP contribution in [-0.2, 0) is 0 Å². The number of anilines is 2. The van der Waals surface area contributed by atoms with E-state index in [1.165, 1.54) is 0 Å². The molecule has 0 saturated carbocycles. The monoisotopic (exact) mass is 308 g/mol. The summed E-state index contributed by atoms with van der Waals surface area (Å²) in [5.74, 6) is 0. The van der Waals surface area contributed by atoms with E-state index < -0.39 is 12.3 Å². The van der Waals surface area contributed by atoms with Crippen LogP contribution in [0.15, 0.2) is 48.5 Å². The lowest BCUT2D eigenvalue weighted by molar-refractivity contribution is 0.135. The molecule has 22 heavy (non-hydrogen) atoms. The van der Waals surface area contributed by atoms with E-state index in [0.717, 1.165) is 11.1 Å². The van der Waals surface area contributed by atoms with Gasteiger partial charge in [-0.05, 0) is 11.6 Å². The fourth-order valence-electron chi connectivity index (χ4n) is 1.45. The van der Waals surface area contributed by atoms with Gasteiger partial charge in [0.1, 0.15) is 0 Å². The number of para-hydroxylation sites is 1. The molecule has 8 nitrogen and oxygen atoms in total. The molecule has 8 heteroatoms. The number of hydrogen-bond acceptors (Lipinski definition) is 4. The van der Waals surface area contributed by atoms with E-state index >= 15 is 0 Å². The van der Waals surface area contributed by atoms with Crippen molar-refractivity contribution in [1.29, 1.82) is 0 Å². The van der Waals surface area contributed by atoms with Gasteiger partial charge in [-0.2, -0.15) is 0 Å². The molecule has 0 bridgehead atoms. The lowest BCUT2D eigenvalue weighted by Crippen LogP contribution is -1.96. The quantitative estimate of drug-likeness (QED) is 0.437. The molecule has 2 rings (SSSR count). The van der Waals surface area contributed by atoms with Crippen LogP contribution >= 0.6 is 0 Å². The second-order valence-corrected chi connectivity index (χ2v) is 3.74. The van der Waals surface area contributed by atoms with Crippen molar-refractivity contribution in [2.75, 3.05) is 11.5 Å². The van der Waals surface area contributed by atoms with Gasteiger partial charge in [0.25, 0.3) is 0 Å². The van der Waals surface area contributed by atoms with Crippen LogP contribution in [0.2, 0.25) is 0 Å². The Hall–Kier alpha value is -3.42. The minimum absolute atomic E-state index is 0.631. The largest absolute Gasteiger partial charge is 0.503 e. The Bertz CT molecular complexity index is 596. The van der Waals surface area contributed by atoms with Crippen LogP contribution in [0, 0.1) is 0 Å². The zero-order chi connectivity index (χ0) is 17.1. The summed E-state index contributed by atoms with van der Waals surface area (Å²) in [6.45, 7) is 0. The van der Waals surface area contributed by atoms with Crippen LogP contribution in [0.25, 0.3) is 11.1 Å². The molecule has 8 N–H and O–H groups in total. The van der Waals surface area contributed by atoms with E-state index in [1.807, 2.05) is 48.5 Å². The lowest BCUT2D eigenvalue weighted by Gasteiger charge is -2.07. The van der Waals surface area contributed by atoms with Crippen LogP contribution < -0.4 is 11.5 Å². The highest BCUT2D eigenvalue weighted by molar-refractivity contribution is 5.84. The number of hydrogen-bond donors (Lipinski definition) is 6. The fourth-order valence-corrected chi connectivity index (χ4v) is 1.45. The van der Waals surface area contributed by atoms with Crippen molar-refractivity contribution in [3.8, 4) is 11.1 Å². The van der Waals surface area contributed by atoms with E-state index in [1.54, 1.807) is 0 Å². The summed E-state index contributed by atoms with van der Waals surface area (Å²) in [7, 11) is 0. The van der Waals surface area contributed by atoms with E-state index in [-0.39, 0.29) is 0 Å². The van der Waals surface area contributed by atoms with Crippen molar-refractivity contribution in [2.45, 2.75) is 0 Å². The van der Waals surface area contributed by atoms with Gasteiger partial charge in [0.15, 0.2) is 0 Å². The number of nitrogen functional groups attached to an aromatic ring is 2. The van der Waals surface area contributed by atoms with Crippen molar-refractivity contribution in [3.63, 3.8) is 0 Å². The Morgan fingerprint density at radius 2 is 1.18 bits per heavy atom. The van der Waals surface area contributed by atoms with E-state index in [9.17, 15) is 0 Å². The first-order valence-electron chi connectivity index (χ1n) is 5.78. The number of carboxylic acid groups (broad SMARTS) is 4. The minimum atomic E-state index is -1.83. The molecule has 0 aromatic heterocycles. The van der Waals surface area contributed by atoms with Crippen LogP contribution in [0.5, 0.6) is 0 Å². The highest BCUT2D eigenvalue weighted by Gasteiger charge is 2.03.